The smallest absolute Gasteiger partial charge is 0.262 e. The average Bonchev–Trinajstić information content (AvgIpc) is 2.32. The maximum Gasteiger partial charge on any atom is 0.262 e. The van der Waals surface area contributed by atoms with Gasteiger partial charge in [0.1, 0.15) is 10.6 Å². The zero-order valence-electron chi connectivity index (χ0n) is 10.9. The predicted molar refractivity (Wildman–Crippen MR) is 81.5 cm³/mol. The molecule has 1 fully saturated rings. The zero-order chi connectivity index (χ0) is 14.9. The summed E-state index contributed by atoms with van der Waals surface area (Å²) in [5.41, 5.74) is 0. The summed E-state index contributed by atoms with van der Waals surface area (Å²) in [6.07, 6.45) is 4.34. The first kappa shape index (κ1) is 16.2. The number of hydrogen-bond acceptors (Lipinski definition) is 3. The lowest BCUT2D eigenvalue weighted by Crippen LogP contribution is -2.24. The van der Waals surface area contributed by atoms with Gasteiger partial charge < -0.3 is 4.74 Å². The van der Waals surface area contributed by atoms with Gasteiger partial charge in [-0.25, -0.2) is 8.42 Å². The lowest BCUT2D eigenvalue weighted by Gasteiger charge is -2.27. The standard InChI is InChI=1S/C13H15Cl3O3S/c1-8-3-2-4-9(5-8)19-12-6-11(15)13(7-10(12)14)20(16,17)18/h6-9H,2-5H2,1H3. The molecule has 0 N–H and O–H groups in total. The Morgan fingerprint density at radius 2 is 1.90 bits per heavy atom. The molecule has 0 bridgehead atoms. The fraction of sp³-hybridized carbons (Fsp3) is 0.538. The van der Waals surface area contributed by atoms with E-state index in [1.807, 2.05) is 0 Å². The van der Waals surface area contributed by atoms with Crippen LogP contribution in [0, 0.1) is 5.92 Å². The Morgan fingerprint density at radius 1 is 1.20 bits per heavy atom. The fourth-order valence-electron chi connectivity index (χ4n) is 2.45. The molecule has 0 heterocycles. The summed E-state index contributed by atoms with van der Waals surface area (Å²) in [4.78, 5) is -0.199. The molecule has 0 aromatic heterocycles. The van der Waals surface area contributed by atoms with E-state index in [-0.39, 0.29) is 21.0 Å². The van der Waals surface area contributed by atoms with Gasteiger partial charge in [0.2, 0.25) is 0 Å². The third-order valence-electron chi connectivity index (χ3n) is 3.43. The minimum absolute atomic E-state index is 0.0169. The van der Waals surface area contributed by atoms with E-state index in [0.717, 1.165) is 19.3 Å². The zero-order valence-corrected chi connectivity index (χ0v) is 14.0. The van der Waals surface area contributed by atoms with Crippen molar-refractivity contribution in [2.24, 2.45) is 5.92 Å². The second-order valence-electron chi connectivity index (χ2n) is 5.16. The van der Waals surface area contributed by atoms with Crippen molar-refractivity contribution in [2.45, 2.75) is 43.6 Å². The van der Waals surface area contributed by atoms with E-state index in [1.54, 1.807) is 0 Å². The van der Waals surface area contributed by atoms with E-state index < -0.39 is 9.05 Å². The normalized spacial score (nSPS) is 23.6. The summed E-state index contributed by atoms with van der Waals surface area (Å²) in [6, 6.07) is 2.65. The number of benzene rings is 1. The second kappa shape index (κ2) is 6.30. The van der Waals surface area contributed by atoms with Gasteiger partial charge in [-0.2, -0.15) is 0 Å². The molecule has 1 saturated carbocycles. The van der Waals surface area contributed by atoms with Gasteiger partial charge in [-0.1, -0.05) is 36.5 Å². The molecule has 1 aliphatic rings. The third kappa shape index (κ3) is 3.94. The van der Waals surface area contributed by atoms with Gasteiger partial charge in [-0.3, -0.25) is 0 Å². The molecule has 1 aliphatic carbocycles. The summed E-state index contributed by atoms with van der Waals surface area (Å²) in [5.74, 6) is 1.02. The molecule has 0 saturated heterocycles. The molecule has 0 spiro atoms. The van der Waals surface area contributed by atoms with Crippen molar-refractivity contribution in [3.63, 3.8) is 0 Å². The largest absolute Gasteiger partial charge is 0.489 e. The minimum Gasteiger partial charge on any atom is -0.489 e. The van der Waals surface area contributed by atoms with Crippen LogP contribution in [0.4, 0.5) is 0 Å². The molecule has 1 aromatic carbocycles. The molecule has 0 aliphatic heterocycles. The lowest BCUT2D eigenvalue weighted by atomic mass is 9.89. The van der Waals surface area contributed by atoms with Crippen LogP contribution in [0.3, 0.4) is 0 Å². The Hall–Kier alpha value is -0.160. The van der Waals surface area contributed by atoms with Crippen LogP contribution in [0.1, 0.15) is 32.6 Å². The Bertz CT molecular complexity index is 601. The summed E-state index contributed by atoms with van der Waals surface area (Å²) >= 11 is 12.0. The third-order valence-corrected chi connectivity index (χ3v) is 5.51. The highest BCUT2D eigenvalue weighted by atomic mass is 35.7. The number of rotatable bonds is 3. The topological polar surface area (TPSA) is 43.4 Å². The number of ether oxygens (including phenoxy) is 1. The molecule has 20 heavy (non-hydrogen) atoms. The van der Waals surface area contributed by atoms with Gasteiger partial charge in [0.05, 0.1) is 16.1 Å². The first-order valence-corrected chi connectivity index (χ1v) is 9.44. The van der Waals surface area contributed by atoms with E-state index >= 15 is 0 Å². The first-order valence-electron chi connectivity index (χ1n) is 6.37. The van der Waals surface area contributed by atoms with Crippen LogP contribution in [-0.2, 0) is 9.05 Å². The maximum absolute atomic E-state index is 11.3. The van der Waals surface area contributed by atoms with Crippen LogP contribution in [0.15, 0.2) is 17.0 Å². The SMILES string of the molecule is CC1CCCC(Oc2cc(Cl)c(S(=O)(=O)Cl)cc2Cl)C1. The summed E-state index contributed by atoms with van der Waals surface area (Å²) in [5, 5.41) is 0.218. The highest BCUT2D eigenvalue weighted by molar-refractivity contribution is 8.13. The first-order chi connectivity index (χ1) is 9.27. The minimum atomic E-state index is -3.91. The van der Waals surface area contributed by atoms with Crippen LogP contribution < -0.4 is 4.74 Å². The molecule has 7 heteroatoms. The Kier molecular flexibility index (Phi) is 5.11. The predicted octanol–water partition coefficient (Wildman–Crippen LogP) is 4.88. The van der Waals surface area contributed by atoms with Crippen LogP contribution in [-0.4, -0.2) is 14.5 Å². The Labute approximate surface area is 133 Å². The van der Waals surface area contributed by atoms with E-state index in [9.17, 15) is 8.42 Å². The van der Waals surface area contributed by atoms with Crippen LogP contribution in [0.2, 0.25) is 10.0 Å². The van der Waals surface area contributed by atoms with E-state index in [0.29, 0.717) is 11.7 Å². The van der Waals surface area contributed by atoms with Gasteiger partial charge in [-0.15, -0.1) is 0 Å². The second-order valence-corrected chi connectivity index (χ2v) is 8.51. The van der Waals surface area contributed by atoms with Crippen molar-refractivity contribution in [1.29, 1.82) is 0 Å². The molecule has 3 nitrogen and oxygen atoms in total. The average molecular weight is 358 g/mol. The highest BCUT2D eigenvalue weighted by Gasteiger charge is 2.23. The molecule has 1 aromatic rings. The Balaban J connectivity index is 2.23. The van der Waals surface area contributed by atoms with Gasteiger partial charge >= 0.3 is 0 Å². The lowest BCUT2D eigenvalue weighted by molar-refractivity contribution is 0.129. The van der Waals surface area contributed by atoms with E-state index in [1.165, 1.54) is 18.6 Å². The molecule has 0 amide bonds. The molecule has 2 unspecified atom stereocenters. The van der Waals surface area contributed by atoms with Crippen molar-refractivity contribution in [2.75, 3.05) is 0 Å². The Morgan fingerprint density at radius 3 is 2.50 bits per heavy atom. The van der Waals surface area contributed by atoms with Crippen molar-refractivity contribution in [3.8, 4) is 5.75 Å². The van der Waals surface area contributed by atoms with Gasteiger partial charge in [0, 0.05) is 16.7 Å². The van der Waals surface area contributed by atoms with Crippen molar-refractivity contribution < 1.29 is 13.2 Å². The van der Waals surface area contributed by atoms with Gasteiger partial charge in [0.15, 0.2) is 0 Å². The summed E-state index contributed by atoms with van der Waals surface area (Å²) in [6.45, 7) is 2.19. The van der Waals surface area contributed by atoms with Gasteiger partial charge in [-0.05, 0) is 31.2 Å². The number of hydrogen-bond donors (Lipinski definition) is 0. The highest BCUT2D eigenvalue weighted by Crippen LogP contribution is 2.37. The van der Waals surface area contributed by atoms with Crippen molar-refractivity contribution in [3.05, 3.63) is 22.2 Å². The molecule has 2 atom stereocenters. The van der Waals surface area contributed by atoms with E-state index in [2.05, 4.69) is 6.92 Å². The molecular formula is C13H15Cl3O3S. The maximum atomic E-state index is 11.3. The van der Waals surface area contributed by atoms with E-state index in [4.69, 9.17) is 38.6 Å². The quantitative estimate of drug-likeness (QED) is 0.724. The van der Waals surface area contributed by atoms with Crippen molar-refractivity contribution >= 4 is 42.9 Å². The molecule has 112 valence electrons. The molecule has 0 radical (unpaired) electrons. The van der Waals surface area contributed by atoms with Crippen LogP contribution in [0.5, 0.6) is 5.75 Å². The molecular weight excluding hydrogens is 343 g/mol. The fourth-order valence-corrected chi connectivity index (χ4v) is 4.24. The monoisotopic (exact) mass is 356 g/mol. The van der Waals surface area contributed by atoms with Crippen molar-refractivity contribution in [1.82, 2.24) is 0 Å². The van der Waals surface area contributed by atoms with Crippen LogP contribution >= 0.6 is 33.9 Å². The van der Waals surface area contributed by atoms with Crippen LogP contribution in [0.25, 0.3) is 0 Å². The summed E-state index contributed by atoms with van der Waals surface area (Å²) < 4.78 is 28.5. The molecule has 2 rings (SSSR count). The van der Waals surface area contributed by atoms with Gasteiger partial charge in [0.25, 0.3) is 9.05 Å². The number of halogens is 3. The summed E-state index contributed by atoms with van der Waals surface area (Å²) in [7, 11) is 1.37.